The summed E-state index contributed by atoms with van der Waals surface area (Å²) in [5, 5.41) is 2.60. The zero-order valence-electron chi connectivity index (χ0n) is 13.8. The summed E-state index contributed by atoms with van der Waals surface area (Å²) in [6, 6.07) is 13.1. The van der Waals surface area contributed by atoms with E-state index in [-0.39, 0.29) is 23.3 Å². The molecule has 1 aliphatic heterocycles. The van der Waals surface area contributed by atoms with Crippen LogP contribution >= 0.6 is 23.4 Å². The van der Waals surface area contributed by atoms with Gasteiger partial charge in [-0.3, -0.25) is 14.5 Å². The van der Waals surface area contributed by atoms with Gasteiger partial charge in [-0.05, 0) is 30.3 Å². The van der Waals surface area contributed by atoms with E-state index in [1.807, 2.05) is 18.2 Å². The van der Waals surface area contributed by atoms with Crippen LogP contribution in [0.25, 0.3) is 0 Å². The largest absolute Gasteiger partial charge is 0.326 e. The van der Waals surface area contributed by atoms with E-state index in [9.17, 15) is 14.0 Å². The standard InChI is InChI=1S/C18H15ClFN3O2S/c1-23-17(25)15(10-16(24)21-11-5-3-2-4-6-11)26-18(23)22-12-7-8-14(20)13(19)9-12/h2-9,15H,10H2,1H3,(H,21,24). The maximum Gasteiger partial charge on any atom is 0.242 e. The highest BCUT2D eigenvalue weighted by molar-refractivity contribution is 8.15. The lowest BCUT2D eigenvalue weighted by Gasteiger charge is -2.09. The first kappa shape index (κ1) is 18.4. The number of nitrogens with one attached hydrogen (secondary N) is 1. The molecule has 0 radical (unpaired) electrons. The Balaban J connectivity index is 1.69. The molecule has 2 aromatic carbocycles. The third-order valence-electron chi connectivity index (χ3n) is 3.70. The maximum absolute atomic E-state index is 13.2. The van der Waals surface area contributed by atoms with Crippen molar-refractivity contribution in [2.45, 2.75) is 11.7 Å². The number of carbonyl (C=O) groups excluding carboxylic acids is 2. The molecule has 1 aliphatic rings. The van der Waals surface area contributed by atoms with Gasteiger partial charge in [0.25, 0.3) is 0 Å². The molecule has 1 atom stereocenters. The second-order valence-electron chi connectivity index (χ2n) is 5.61. The smallest absolute Gasteiger partial charge is 0.242 e. The summed E-state index contributed by atoms with van der Waals surface area (Å²) in [5.74, 6) is -0.985. The van der Waals surface area contributed by atoms with Gasteiger partial charge >= 0.3 is 0 Å². The molecular weight excluding hydrogens is 377 g/mol. The van der Waals surface area contributed by atoms with Crippen LogP contribution in [0.5, 0.6) is 0 Å². The number of halogens is 2. The number of amidine groups is 1. The van der Waals surface area contributed by atoms with Gasteiger partial charge in [0.05, 0.1) is 10.7 Å². The highest BCUT2D eigenvalue weighted by Crippen LogP contribution is 2.31. The summed E-state index contributed by atoms with van der Waals surface area (Å²) in [4.78, 5) is 30.3. The SMILES string of the molecule is CN1C(=O)C(CC(=O)Nc2ccccc2)SC1=Nc1ccc(F)c(Cl)c1. The summed E-state index contributed by atoms with van der Waals surface area (Å²) in [6.07, 6.45) is 0.0337. The van der Waals surface area contributed by atoms with Crippen LogP contribution in [0.15, 0.2) is 53.5 Å². The Hall–Kier alpha value is -2.38. The van der Waals surface area contributed by atoms with E-state index in [0.29, 0.717) is 16.5 Å². The fourth-order valence-electron chi connectivity index (χ4n) is 2.36. The molecule has 0 spiro atoms. The third-order valence-corrected chi connectivity index (χ3v) is 5.22. The normalized spacial score (nSPS) is 18.4. The van der Waals surface area contributed by atoms with Crippen molar-refractivity contribution in [3.05, 3.63) is 59.4 Å². The van der Waals surface area contributed by atoms with Crippen molar-refractivity contribution in [1.29, 1.82) is 0 Å². The van der Waals surface area contributed by atoms with Crippen LogP contribution in [-0.4, -0.2) is 34.2 Å². The topological polar surface area (TPSA) is 61.8 Å². The Labute approximate surface area is 159 Å². The van der Waals surface area contributed by atoms with Gasteiger partial charge in [-0.2, -0.15) is 0 Å². The third kappa shape index (κ3) is 4.23. The second-order valence-corrected chi connectivity index (χ2v) is 7.19. The number of aliphatic imine (C=N–C) groups is 1. The van der Waals surface area contributed by atoms with E-state index in [1.54, 1.807) is 19.2 Å². The first-order valence-corrected chi connectivity index (χ1v) is 9.02. The van der Waals surface area contributed by atoms with Crippen molar-refractivity contribution in [2.24, 2.45) is 4.99 Å². The van der Waals surface area contributed by atoms with Crippen LogP contribution in [0.4, 0.5) is 15.8 Å². The molecule has 0 saturated carbocycles. The van der Waals surface area contributed by atoms with Crippen molar-refractivity contribution < 1.29 is 14.0 Å². The predicted molar refractivity (Wildman–Crippen MR) is 102 cm³/mol. The van der Waals surface area contributed by atoms with E-state index in [0.717, 1.165) is 0 Å². The van der Waals surface area contributed by atoms with Gasteiger partial charge in [-0.15, -0.1) is 0 Å². The predicted octanol–water partition coefficient (Wildman–Crippen LogP) is 4.07. The molecule has 134 valence electrons. The van der Waals surface area contributed by atoms with E-state index in [4.69, 9.17) is 11.6 Å². The molecule has 1 heterocycles. The molecule has 1 fully saturated rings. The minimum Gasteiger partial charge on any atom is -0.326 e. The molecule has 1 unspecified atom stereocenters. The Kier molecular flexibility index (Phi) is 5.58. The molecule has 2 aromatic rings. The van der Waals surface area contributed by atoms with Gasteiger partial charge in [-0.25, -0.2) is 9.38 Å². The molecule has 2 amide bonds. The van der Waals surface area contributed by atoms with Crippen LogP contribution in [0.1, 0.15) is 6.42 Å². The molecule has 26 heavy (non-hydrogen) atoms. The van der Waals surface area contributed by atoms with Gasteiger partial charge in [0, 0.05) is 19.2 Å². The fourth-order valence-corrected chi connectivity index (χ4v) is 3.69. The van der Waals surface area contributed by atoms with Crippen molar-refractivity contribution in [3.63, 3.8) is 0 Å². The van der Waals surface area contributed by atoms with E-state index in [1.165, 1.54) is 34.9 Å². The van der Waals surface area contributed by atoms with Crippen LogP contribution in [0.2, 0.25) is 5.02 Å². The summed E-state index contributed by atoms with van der Waals surface area (Å²) in [5.41, 5.74) is 1.11. The summed E-state index contributed by atoms with van der Waals surface area (Å²) >= 11 is 6.95. The molecule has 0 aliphatic carbocycles. The molecule has 5 nitrogen and oxygen atoms in total. The summed E-state index contributed by atoms with van der Waals surface area (Å²) in [6.45, 7) is 0. The van der Waals surface area contributed by atoms with E-state index in [2.05, 4.69) is 10.3 Å². The van der Waals surface area contributed by atoms with Crippen LogP contribution in [0, 0.1) is 5.82 Å². The molecule has 1 saturated heterocycles. The monoisotopic (exact) mass is 391 g/mol. The summed E-state index contributed by atoms with van der Waals surface area (Å²) in [7, 11) is 1.59. The Bertz CT molecular complexity index is 876. The Morgan fingerprint density at radius 2 is 2.04 bits per heavy atom. The molecule has 1 N–H and O–H groups in total. The molecule has 0 aromatic heterocycles. The number of carbonyl (C=O) groups is 2. The zero-order valence-corrected chi connectivity index (χ0v) is 15.4. The second kappa shape index (κ2) is 7.88. The minimum atomic E-state index is -0.557. The molecule has 3 rings (SSSR count). The number of thioether (sulfide) groups is 1. The van der Waals surface area contributed by atoms with Crippen LogP contribution in [0.3, 0.4) is 0 Å². The minimum absolute atomic E-state index is 0.0337. The highest BCUT2D eigenvalue weighted by Gasteiger charge is 2.37. The van der Waals surface area contributed by atoms with Crippen LogP contribution < -0.4 is 5.32 Å². The van der Waals surface area contributed by atoms with Gasteiger partial charge in [0.1, 0.15) is 11.1 Å². The van der Waals surface area contributed by atoms with E-state index >= 15 is 0 Å². The Morgan fingerprint density at radius 3 is 2.73 bits per heavy atom. The molecule has 8 heteroatoms. The lowest BCUT2D eigenvalue weighted by atomic mass is 10.2. The number of nitrogens with zero attached hydrogens (tertiary/aromatic N) is 2. The number of hydrogen-bond donors (Lipinski definition) is 1. The fraction of sp³-hybridized carbons (Fsp3) is 0.167. The number of rotatable bonds is 4. The first-order chi connectivity index (χ1) is 12.4. The lowest BCUT2D eigenvalue weighted by Crippen LogP contribution is -2.30. The number of para-hydroxylation sites is 1. The van der Waals surface area contributed by atoms with Gasteiger partial charge in [0.2, 0.25) is 11.8 Å². The number of hydrogen-bond acceptors (Lipinski definition) is 4. The van der Waals surface area contributed by atoms with Crippen molar-refractivity contribution in [2.75, 3.05) is 12.4 Å². The first-order valence-electron chi connectivity index (χ1n) is 7.77. The van der Waals surface area contributed by atoms with Crippen molar-refractivity contribution in [1.82, 2.24) is 4.90 Å². The van der Waals surface area contributed by atoms with Crippen LogP contribution in [-0.2, 0) is 9.59 Å². The maximum atomic E-state index is 13.2. The number of amides is 2. The number of anilines is 1. The highest BCUT2D eigenvalue weighted by atomic mass is 35.5. The average Bonchev–Trinajstić information content (AvgIpc) is 2.87. The lowest BCUT2D eigenvalue weighted by molar-refractivity contribution is -0.127. The van der Waals surface area contributed by atoms with Gasteiger partial charge in [0.15, 0.2) is 5.17 Å². The van der Waals surface area contributed by atoms with Gasteiger partial charge in [-0.1, -0.05) is 41.6 Å². The molecular formula is C18H15ClFN3O2S. The average molecular weight is 392 g/mol. The van der Waals surface area contributed by atoms with Gasteiger partial charge < -0.3 is 5.32 Å². The van der Waals surface area contributed by atoms with Crippen molar-refractivity contribution in [3.8, 4) is 0 Å². The van der Waals surface area contributed by atoms with Crippen molar-refractivity contribution >= 4 is 51.7 Å². The Morgan fingerprint density at radius 1 is 1.31 bits per heavy atom. The quantitative estimate of drug-likeness (QED) is 0.854. The van der Waals surface area contributed by atoms with E-state index < -0.39 is 11.1 Å². The zero-order chi connectivity index (χ0) is 18.7. The summed E-state index contributed by atoms with van der Waals surface area (Å²) < 4.78 is 13.2. The molecule has 0 bridgehead atoms. The number of benzene rings is 2.